The maximum atomic E-state index is 6.41. The van der Waals surface area contributed by atoms with Crippen molar-refractivity contribution in [3.63, 3.8) is 0 Å². The Labute approximate surface area is 139 Å². The fraction of sp³-hybridized carbons (Fsp3) is 0.667. The van der Waals surface area contributed by atoms with Crippen molar-refractivity contribution in [1.82, 2.24) is 4.90 Å². The highest BCUT2D eigenvalue weighted by Crippen LogP contribution is 2.30. The summed E-state index contributed by atoms with van der Waals surface area (Å²) in [6.07, 6.45) is 4.62. The average molecular weight is 326 g/mol. The molecule has 2 rings (SSSR count). The van der Waals surface area contributed by atoms with Crippen molar-refractivity contribution in [2.24, 2.45) is 0 Å². The first-order chi connectivity index (χ1) is 10.7. The van der Waals surface area contributed by atoms with Crippen molar-refractivity contribution >= 4 is 11.6 Å². The minimum Gasteiger partial charge on any atom is -0.382 e. The lowest BCUT2D eigenvalue weighted by atomic mass is 9.87. The van der Waals surface area contributed by atoms with Gasteiger partial charge in [0, 0.05) is 31.8 Å². The molecule has 0 N–H and O–H groups in total. The van der Waals surface area contributed by atoms with Crippen LogP contribution in [0.15, 0.2) is 18.2 Å². The van der Waals surface area contributed by atoms with Gasteiger partial charge in [0.2, 0.25) is 0 Å². The number of benzene rings is 1. The lowest BCUT2D eigenvalue weighted by molar-refractivity contribution is -0.00395. The molecule has 0 aliphatic heterocycles. The third kappa shape index (κ3) is 4.45. The van der Waals surface area contributed by atoms with Crippen molar-refractivity contribution in [3.8, 4) is 0 Å². The molecule has 0 heterocycles. The standard InChI is InChI=1S/C18H28ClNO2/c1-4-10-20(12-16(22-3)13-21-2)15-9-8-14-6-5-7-18(19)17(14)11-15/h5-7,15-16H,4,8-13H2,1-3H3. The van der Waals surface area contributed by atoms with E-state index in [2.05, 4.69) is 24.0 Å². The van der Waals surface area contributed by atoms with E-state index in [1.807, 2.05) is 6.07 Å². The van der Waals surface area contributed by atoms with Gasteiger partial charge in [-0.05, 0) is 49.4 Å². The third-order valence-corrected chi connectivity index (χ3v) is 4.91. The summed E-state index contributed by atoms with van der Waals surface area (Å²) < 4.78 is 10.8. The molecule has 0 saturated carbocycles. The minimum atomic E-state index is 0.129. The fourth-order valence-corrected chi connectivity index (χ4v) is 3.66. The van der Waals surface area contributed by atoms with Crippen LogP contribution in [0.4, 0.5) is 0 Å². The molecular weight excluding hydrogens is 298 g/mol. The molecule has 2 atom stereocenters. The van der Waals surface area contributed by atoms with Crippen LogP contribution < -0.4 is 0 Å². The average Bonchev–Trinajstić information content (AvgIpc) is 2.54. The number of hydrogen-bond donors (Lipinski definition) is 0. The highest BCUT2D eigenvalue weighted by Gasteiger charge is 2.26. The van der Waals surface area contributed by atoms with E-state index in [4.69, 9.17) is 21.1 Å². The largest absolute Gasteiger partial charge is 0.382 e. The van der Waals surface area contributed by atoms with Crippen LogP contribution in [0, 0.1) is 0 Å². The normalized spacial score (nSPS) is 19.2. The number of nitrogens with zero attached hydrogens (tertiary/aromatic N) is 1. The number of hydrogen-bond acceptors (Lipinski definition) is 3. The second-order valence-electron chi connectivity index (χ2n) is 6.08. The SMILES string of the molecule is CCCN(CC(COC)OC)C1CCc2cccc(Cl)c2C1. The zero-order valence-corrected chi connectivity index (χ0v) is 14.7. The van der Waals surface area contributed by atoms with Gasteiger partial charge < -0.3 is 9.47 Å². The summed E-state index contributed by atoms with van der Waals surface area (Å²) in [7, 11) is 3.49. The summed E-state index contributed by atoms with van der Waals surface area (Å²) in [5, 5.41) is 0.916. The zero-order valence-electron chi connectivity index (χ0n) is 14.0. The summed E-state index contributed by atoms with van der Waals surface area (Å²) in [5.74, 6) is 0. The van der Waals surface area contributed by atoms with Crippen LogP contribution in [-0.4, -0.2) is 51.0 Å². The van der Waals surface area contributed by atoms with E-state index in [9.17, 15) is 0 Å². The van der Waals surface area contributed by atoms with Gasteiger partial charge >= 0.3 is 0 Å². The summed E-state index contributed by atoms with van der Waals surface area (Å²) in [4.78, 5) is 2.56. The number of methoxy groups -OCH3 is 2. The highest BCUT2D eigenvalue weighted by atomic mass is 35.5. The first-order valence-electron chi connectivity index (χ1n) is 8.21. The monoisotopic (exact) mass is 325 g/mol. The number of aryl methyl sites for hydroxylation is 1. The Morgan fingerprint density at radius 2 is 2.18 bits per heavy atom. The Morgan fingerprint density at radius 1 is 1.36 bits per heavy atom. The molecule has 4 heteroatoms. The maximum absolute atomic E-state index is 6.41. The second kappa shape index (κ2) is 8.88. The molecule has 0 radical (unpaired) electrons. The number of rotatable bonds is 8. The van der Waals surface area contributed by atoms with Crippen molar-refractivity contribution in [1.29, 1.82) is 0 Å². The fourth-order valence-electron chi connectivity index (χ4n) is 3.39. The number of fused-ring (bicyclic) bond motifs is 1. The van der Waals surface area contributed by atoms with Gasteiger partial charge in [-0.25, -0.2) is 0 Å². The highest BCUT2D eigenvalue weighted by molar-refractivity contribution is 6.31. The molecule has 124 valence electrons. The van der Waals surface area contributed by atoms with Gasteiger partial charge in [-0.15, -0.1) is 0 Å². The van der Waals surface area contributed by atoms with Gasteiger partial charge in [0.15, 0.2) is 0 Å². The van der Waals surface area contributed by atoms with Gasteiger partial charge in [-0.3, -0.25) is 4.90 Å². The first-order valence-corrected chi connectivity index (χ1v) is 8.59. The third-order valence-electron chi connectivity index (χ3n) is 4.55. The second-order valence-corrected chi connectivity index (χ2v) is 6.49. The topological polar surface area (TPSA) is 21.7 Å². The molecule has 1 aromatic carbocycles. The van der Waals surface area contributed by atoms with Crippen LogP contribution in [0.5, 0.6) is 0 Å². The van der Waals surface area contributed by atoms with Gasteiger partial charge in [0.05, 0.1) is 12.7 Å². The summed E-state index contributed by atoms with van der Waals surface area (Å²) in [6, 6.07) is 6.83. The van der Waals surface area contributed by atoms with Gasteiger partial charge in [0.25, 0.3) is 0 Å². The summed E-state index contributed by atoms with van der Waals surface area (Å²) in [6.45, 7) is 4.88. The predicted octanol–water partition coefficient (Wildman–Crippen LogP) is 3.57. The minimum absolute atomic E-state index is 0.129. The molecule has 0 spiro atoms. The Hall–Kier alpha value is -0.610. The van der Waals surface area contributed by atoms with Crippen LogP contribution in [-0.2, 0) is 22.3 Å². The van der Waals surface area contributed by atoms with Crippen molar-refractivity contribution in [2.45, 2.75) is 44.8 Å². The van der Waals surface area contributed by atoms with Crippen LogP contribution in [0.1, 0.15) is 30.9 Å². The molecular formula is C18H28ClNO2. The zero-order chi connectivity index (χ0) is 15.9. The van der Waals surface area contributed by atoms with Crippen LogP contribution >= 0.6 is 11.6 Å². The maximum Gasteiger partial charge on any atom is 0.0931 e. The molecule has 1 aromatic rings. The molecule has 22 heavy (non-hydrogen) atoms. The van der Waals surface area contributed by atoms with Crippen molar-refractivity contribution in [2.75, 3.05) is 33.9 Å². The molecule has 1 aliphatic carbocycles. The molecule has 0 fully saturated rings. The van der Waals surface area contributed by atoms with Crippen LogP contribution in [0.2, 0.25) is 5.02 Å². The van der Waals surface area contributed by atoms with E-state index >= 15 is 0 Å². The quantitative estimate of drug-likeness (QED) is 0.729. The Bertz CT molecular complexity index is 466. The Kier molecular flexibility index (Phi) is 7.16. The van der Waals surface area contributed by atoms with Gasteiger partial charge in [-0.1, -0.05) is 30.7 Å². The Balaban J connectivity index is 2.08. The number of ether oxygens (including phenoxy) is 2. The van der Waals surface area contributed by atoms with E-state index in [1.165, 1.54) is 17.5 Å². The van der Waals surface area contributed by atoms with Crippen molar-refractivity contribution < 1.29 is 9.47 Å². The van der Waals surface area contributed by atoms with E-state index in [0.29, 0.717) is 12.6 Å². The van der Waals surface area contributed by atoms with Gasteiger partial charge in [-0.2, -0.15) is 0 Å². The molecule has 0 bridgehead atoms. The first kappa shape index (κ1) is 17.7. The summed E-state index contributed by atoms with van der Waals surface area (Å²) >= 11 is 6.41. The smallest absolute Gasteiger partial charge is 0.0931 e. The van der Waals surface area contributed by atoms with E-state index in [1.54, 1.807) is 14.2 Å². The van der Waals surface area contributed by atoms with Crippen molar-refractivity contribution in [3.05, 3.63) is 34.3 Å². The Morgan fingerprint density at radius 3 is 2.86 bits per heavy atom. The van der Waals surface area contributed by atoms with E-state index in [-0.39, 0.29) is 6.10 Å². The molecule has 0 aromatic heterocycles. The molecule has 1 aliphatic rings. The molecule has 0 amide bonds. The molecule has 0 saturated heterocycles. The number of halogens is 1. The van der Waals surface area contributed by atoms with Gasteiger partial charge in [0.1, 0.15) is 0 Å². The summed E-state index contributed by atoms with van der Waals surface area (Å²) in [5.41, 5.74) is 2.75. The van der Waals surface area contributed by atoms with E-state index < -0.39 is 0 Å². The molecule has 2 unspecified atom stereocenters. The van der Waals surface area contributed by atoms with Crippen LogP contribution in [0.25, 0.3) is 0 Å². The predicted molar refractivity (Wildman–Crippen MR) is 91.8 cm³/mol. The molecule has 3 nitrogen and oxygen atoms in total. The lowest BCUT2D eigenvalue weighted by Crippen LogP contribution is -2.45. The lowest BCUT2D eigenvalue weighted by Gasteiger charge is -2.37. The van der Waals surface area contributed by atoms with E-state index in [0.717, 1.165) is 37.4 Å². The van der Waals surface area contributed by atoms with Crippen LogP contribution in [0.3, 0.4) is 0 Å².